The van der Waals surface area contributed by atoms with Crippen LogP contribution in [0.1, 0.15) is 36.3 Å². The lowest BCUT2D eigenvalue weighted by atomic mass is 10.1. The number of rotatable bonds is 7. The van der Waals surface area contributed by atoms with Crippen LogP contribution in [-0.2, 0) is 16.1 Å². The van der Waals surface area contributed by atoms with Crippen LogP contribution in [0.15, 0.2) is 48.5 Å². The molecule has 1 saturated heterocycles. The molecule has 0 aromatic heterocycles. The molecule has 148 valence electrons. The molecule has 4 rings (SSSR count). The first-order chi connectivity index (χ1) is 13.7. The predicted octanol–water partition coefficient (Wildman–Crippen LogP) is 4.15. The van der Waals surface area contributed by atoms with Crippen LogP contribution in [-0.4, -0.2) is 37.2 Å². The Morgan fingerprint density at radius 3 is 2.71 bits per heavy atom. The zero-order valence-electron chi connectivity index (χ0n) is 16.1. The summed E-state index contributed by atoms with van der Waals surface area (Å²) in [7, 11) is 1.65. The maximum absolute atomic E-state index is 13.3. The van der Waals surface area contributed by atoms with Crippen molar-refractivity contribution in [3.63, 3.8) is 0 Å². The Labute approximate surface area is 165 Å². The normalized spacial score (nSPS) is 23.4. The number of carbonyl (C=O) groups excluding carboxylic acids is 1. The third-order valence-corrected chi connectivity index (χ3v) is 5.72. The molecule has 3 unspecified atom stereocenters. The number of halogens is 1. The highest BCUT2D eigenvalue weighted by Gasteiger charge is 2.46. The van der Waals surface area contributed by atoms with Gasteiger partial charge in [0.25, 0.3) is 0 Å². The van der Waals surface area contributed by atoms with Crippen LogP contribution < -0.4 is 4.74 Å². The van der Waals surface area contributed by atoms with Crippen LogP contribution in [0.4, 0.5) is 4.39 Å². The smallest absolute Gasteiger partial charge is 0.226 e. The number of para-hydroxylation sites is 1. The lowest BCUT2D eigenvalue weighted by Gasteiger charge is -2.26. The fourth-order valence-electron chi connectivity index (χ4n) is 4.09. The van der Waals surface area contributed by atoms with Gasteiger partial charge in [0.15, 0.2) is 0 Å². The molecule has 1 heterocycles. The van der Waals surface area contributed by atoms with Crippen molar-refractivity contribution in [3.05, 3.63) is 65.5 Å². The number of ether oxygens (including phenoxy) is 2. The molecule has 5 heteroatoms. The SMILES string of the molecule is COc1ccccc1CN(CC1CCCO1)C(=O)C1CC1c1ccc(F)cc1. The van der Waals surface area contributed by atoms with Crippen molar-refractivity contribution in [1.82, 2.24) is 4.90 Å². The molecular weight excluding hydrogens is 357 g/mol. The number of hydrogen-bond acceptors (Lipinski definition) is 3. The highest BCUT2D eigenvalue weighted by molar-refractivity contribution is 5.83. The van der Waals surface area contributed by atoms with Crippen LogP contribution in [0.5, 0.6) is 5.75 Å². The predicted molar refractivity (Wildman–Crippen MR) is 105 cm³/mol. The zero-order chi connectivity index (χ0) is 19.5. The van der Waals surface area contributed by atoms with Gasteiger partial charge in [0.05, 0.1) is 13.2 Å². The van der Waals surface area contributed by atoms with E-state index in [9.17, 15) is 9.18 Å². The largest absolute Gasteiger partial charge is 0.496 e. The summed E-state index contributed by atoms with van der Waals surface area (Å²) in [5.74, 6) is 0.831. The van der Waals surface area contributed by atoms with E-state index in [4.69, 9.17) is 9.47 Å². The molecule has 3 atom stereocenters. The van der Waals surface area contributed by atoms with E-state index in [0.29, 0.717) is 13.1 Å². The average Bonchev–Trinajstić information content (AvgIpc) is 3.35. The van der Waals surface area contributed by atoms with Gasteiger partial charge in [-0.2, -0.15) is 0 Å². The van der Waals surface area contributed by atoms with E-state index < -0.39 is 0 Å². The van der Waals surface area contributed by atoms with Gasteiger partial charge in [0, 0.05) is 31.2 Å². The van der Waals surface area contributed by atoms with Gasteiger partial charge >= 0.3 is 0 Å². The molecule has 4 nitrogen and oxygen atoms in total. The van der Waals surface area contributed by atoms with Crippen LogP contribution >= 0.6 is 0 Å². The van der Waals surface area contributed by atoms with Gasteiger partial charge in [-0.25, -0.2) is 4.39 Å². The summed E-state index contributed by atoms with van der Waals surface area (Å²) < 4.78 is 24.4. The number of amides is 1. The number of nitrogens with zero attached hydrogens (tertiary/aromatic N) is 1. The van der Waals surface area contributed by atoms with Crippen LogP contribution in [0.25, 0.3) is 0 Å². The molecule has 2 aliphatic rings. The third kappa shape index (κ3) is 4.20. The number of carbonyl (C=O) groups is 1. The Kier molecular flexibility index (Phi) is 5.62. The second-order valence-corrected chi connectivity index (χ2v) is 7.67. The first-order valence-electron chi connectivity index (χ1n) is 9.93. The van der Waals surface area contributed by atoms with Crippen molar-refractivity contribution >= 4 is 5.91 Å². The Bertz CT molecular complexity index is 817. The van der Waals surface area contributed by atoms with E-state index in [2.05, 4.69) is 0 Å². The third-order valence-electron chi connectivity index (χ3n) is 5.72. The highest BCUT2D eigenvalue weighted by Crippen LogP contribution is 2.48. The monoisotopic (exact) mass is 383 g/mol. The lowest BCUT2D eigenvalue weighted by molar-refractivity contribution is -0.135. The van der Waals surface area contributed by atoms with E-state index in [1.54, 1.807) is 19.2 Å². The Hall–Kier alpha value is -2.40. The van der Waals surface area contributed by atoms with Crippen molar-refractivity contribution in [1.29, 1.82) is 0 Å². The number of hydrogen-bond donors (Lipinski definition) is 0. The van der Waals surface area contributed by atoms with Gasteiger partial charge in [-0.1, -0.05) is 30.3 Å². The van der Waals surface area contributed by atoms with Crippen molar-refractivity contribution in [2.45, 2.75) is 37.8 Å². The molecule has 1 aliphatic heterocycles. The fraction of sp³-hybridized carbons (Fsp3) is 0.435. The molecular formula is C23H26FNO3. The standard InChI is InChI=1S/C23H26FNO3/c1-27-22-7-3-2-5-17(22)14-25(15-19-6-4-12-28-19)23(26)21-13-20(21)16-8-10-18(24)11-9-16/h2-3,5,7-11,19-21H,4,6,12-15H2,1H3. The molecule has 1 amide bonds. The minimum Gasteiger partial charge on any atom is -0.496 e. The second-order valence-electron chi connectivity index (χ2n) is 7.67. The van der Waals surface area contributed by atoms with Crippen molar-refractivity contribution < 1.29 is 18.7 Å². The zero-order valence-corrected chi connectivity index (χ0v) is 16.1. The Morgan fingerprint density at radius 2 is 2.00 bits per heavy atom. The number of methoxy groups -OCH3 is 1. The minimum atomic E-state index is -0.247. The van der Waals surface area contributed by atoms with Gasteiger partial charge < -0.3 is 14.4 Å². The van der Waals surface area contributed by atoms with Gasteiger partial charge in [-0.3, -0.25) is 4.79 Å². The molecule has 28 heavy (non-hydrogen) atoms. The summed E-state index contributed by atoms with van der Waals surface area (Å²) in [5.41, 5.74) is 2.03. The molecule has 0 bridgehead atoms. The van der Waals surface area contributed by atoms with Gasteiger partial charge in [-0.15, -0.1) is 0 Å². The van der Waals surface area contributed by atoms with Crippen molar-refractivity contribution in [2.24, 2.45) is 5.92 Å². The van der Waals surface area contributed by atoms with Gasteiger partial charge in [0.2, 0.25) is 5.91 Å². The van der Waals surface area contributed by atoms with Crippen molar-refractivity contribution in [3.8, 4) is 5.75 Å². The summed E-state index contributed by atoms with van der Waals surface area (Å²) in [6.07, 6.45) is 2.95. The molecule has 2 aromatic rings. The molecule has 0 N–H and O–H groups in total. The minimum absolute atomic E-state index is 0.0402. The van der Waals surface area contributed by atoms with E-state index in [1.807, 2.05) is 29.2 Å². The first kappa shape index (κ1) is 18.9. The van der Waals surface area contributed by atoms with E-state index >= 15 is 0 Å². The van der Waals surface area contributed by atoms with Crippen LogP contribution in [0.3, 0.4) is 0 Å². The lowest BCUT2D eigenvalue weighted by Crippen LogP contribution is -2.38. The topological polar surface area (TPSA) is 38.8 Å². The Balaban J connectivity index is 1.49. The first-order valence-corrected chi connectivity index (χ1v) is 9.93. The average molecular weight is 383 g/mol. The maximum Gasteiger partial charge on any atom is 0.226 e. The van der Waals surface area contributed by atoms with Crippen LogP contribution in [0.2, 0.25) is 0 Å². The summed E-state index contributed by atoms with van der Waals surface area (Å²) >= 11 is 0. The molecule has 2 fully saturated rings. The quantitative estimate of drug-likeness (QED) is 0.721. The molecule has 0 spiro atoms. The van der Waals surface area contributed by atoms with E-state index in [-0.39, 0.29) is 29.7 Å². The van der Waals surface area contributed by atoms with Crippen molar-refractivity contribution in [2.75, 3.05) is 20.3 Å². The molecule has 2 aromatic carbocycles. The molecule has 1 aliphatic carbocycles. The fourth-order valence-corrected chi connectivity index (χ4v) is 4.09. The maximum atomic E-state index is 13.3. The molecule has 1 saturated carbocycles. The van der Waals surface area contributed by atoms with E-state index in [1.165, 1.54) is 12.1 Å². The second kappa shape index (κ2) is 8.31. The summed E-state index contributed by atoms with van der Waals surface area (Å²) in [4.78, 5) is 15.2. The van der Waals surface area contributed by atoms with Gasteiger partial charge in [-0.05, 0) is 48.9 Å². The highest BCUT2D eigenvalue weighted by atomic mass is 19.1. The Morgan fingerprint density at radius 1 is 1.21 bits per heavy atom. The van der Waals surface area contributed by atoms with Gasteiger partial charge in [0.1, 0.15) is 11.6 Å². The number of benzene rings is 2. The summed E-state index contributed by atoms with van der Waals surface area (Å²) in [5, 5.41) is 0. The van der Waals surface area contributed by atoms with E-state index in [0.717, 1.165) is 42.7 Å². The summed E-state index contributed by atoms with van der Waals surface area (Å²) in [6, 6.07) is 14.3. The molecule has 0 radical (unpaired) electrons. The summed E-state index contributed by atoms with van der Waals surface area (Å²) in [6.45, 7) is 1.88. The van der Waals surface area contributed by atoms with Crippen LogP contribution in [0, 0.1) is 11.7 Å².